The Kier molecular flexibility index (Phi) is 5.52. The third kappa shape index (κ3) is 3.80. The molecule has 0 spiro atoms. The lowest BCUT2D eigenvalue weighted by atomic mass is 9.87. The first-order valence-corrected chi connectivity index (χ1v) is 12.7. The van der Waals surface area contributed by atoms with E-state index in [1.54, 1.807) is 0 Å². The second-order valence-corrected chi connectivity index (χ2v) is 10.2. The molecular weight excluding hydrogens is 443 g/mol. The van der Waals surface area contributed by atoms with Crippen LogP contribution in [0.3, 0.4) is 0 Å². The van der Waals surface area contributed by atoms with E-state index in [1.165, 1.54) is 63.4 Å². The Hall–Kier alpha value is -2.54. The van der Waals surface area contributed by atoms with Crippen molar-refractivity contribution in [2.24, 2.45) is 0 Å². The van der Waals surface area contributed by atoms with Crippen LogP contribution in [0.5, 0.6) is 0 Å². The van der Waals surface area contributed by atoms with Gasteiger partial charge in [-0.1, -0.05) is 102 Å². The quantitative estimate of drug-likeness (QED) is 0.280. The monoisotopic (exact) mass is 468 g/mol. The molecule has 4 aromatic carbocycles. The minimum absolute atomic E-state index is 0.417. The van der Waals surface area contributed by atoms with E-state index in [1.807, 2.05) is 6.07 Å². The highest BCUT2D eigenvalue weighted by molar-refractivity contribution is 6.42. The lowest BCUT2D eigenvalue weighted by molar-refractivity contribution is 0.788. The minimum atomic E-state index is 0.417. The van der Waals surface area contributed by atoms with Crippen molar-refractivity contribution in [3.8, 4) is 0 Å². The number of benzene rings is 4. The maximum absolute atomic E-state index is 6.38. The Morgan fingerprint density at radius 3 is 2.36 bits per heavy atom. The molecule has 0 N–H and O–H groups in total. The van der Waals surface area contributed by atoms with E-state index in [-0.39, 0.29) is 0 Å². The molecule has 0 aliphatic heterocycles. The maximum Gasteiger partial charge on any atom is 0.0595 e. The van der Waals surface area contributed by atoms with E-state index < -0.39 is 0 Å². The van der Waals surface area contributed by atoms with E-state index in [9.17, 15) is 0 Å². The van der Waals surface area contributed by atoms with Gasteiger partial charge in [0.05, 0.1) is 10.0 Å². The topological polar surface area (TPSA) is 0 Å². The Morgan fingerprint density at radius 2 is 1.52 bits per heavy atom. The highest BCUT2D eigenvalue weighted by Crippen LogP contribution is 2.46. The average molecular weight is 469 g/mol. The molecule has 2 aliphatic carbocycles. The number of hydrogen-bond donors (Lipinski definition) is 0. The first-order chi connectivity index (χ1) is 16.2. The van der Waals surface area contributed by atoms with Crippen molar-refractivity contribution in [1.82, 2.24) is 0 Å². The van der Waals surface area contributed by atoms with Crippen molar-refractivity contribution >= 4 is 40.1 Å². The molecule has 0 saturated heterocycles. The van der Waals surface area contributed by atoms with Crippen LogP contribution in [0.1, 0.15) is 65.3 Å². The fourth-order valence-corrected chi connectivity index (χ4v) is 6.32. The van der Waals surface area contributed by atoms with E-state index in [4.69, 9.17) is 23.2 Å². The van der Waals surface area contributed by atoms with Gasteiger partial charge < -0.3 is 0 Å². The summed E-state index contributed by atoms with van der Waals surface area (Å²) in [5, 5.41) is 3.99. The molecule has 0 heterocycles. The summed E-state index contributed by atoms with van der Waals surface area (Å²) in [7, 11) is 0. The summed E-state index contributed by atoms with van der Waals surface area (Å²) in [6, 6.07) is 28.5. The van der Waals surface area contributed by atoms with E-state index in [0.29, 0.717) is 21.9 Å². The van der Waals surface area contributed by atoms with Crippen LogP contribution in [0.15, 0.2) is 84.4 Å². The fourth-order valence-electron chi connectivity index (χ4n) is 6.01. The molecule has 1 fully saturated rings. The number of rotatable bonds is 3. The van der Waals surface area contributed by atoms with Gasteiger partial charge in [0.15, 0.2) is 0 Å². The first kappa shape index (κ1) is 21.0. The Labute approximate surface area is 205 Å². The van der Waals surface area contributed by atoms with Crippen molar-refractivity contribution in [1.29, 1.82) is 0 Å². The van der Waals surface area contributed by atoms with Gasteiger partial charge in [-0.15, -0.1) is 0 Å². The van der Waals surface area contributed by atoms with Crippen LogP contribution in [-0.4, -0.2) is 0 Å². The first-order valence-electron chi connectivity index (χ1n) is 11.9. The molecule has 4 aromatic rings. The lowest BCUT2D eigenvalue weighted by Gasteiger charge is -2.18. The lowest BCUT2D eigenvalue weighted by Crippen LogP contribution is -1.99. The Morgan fingerprint density at radius 1 is 0.697 bits per heavy atom. The Bertz CT molecular complexity index is 1370. The molecule has 1 saturated carbocycles. The average Bonchev–Trinajstić information content (AvgIpc) is 3.48. The molecule has 2 aliphatic rings. The SMILES string of the molecule is Clc1ccc(C2CCCC2=Cc2c3c(cc4ccccc24)C(c2ccccc2)CC3)cc1Cl. The standard InChI is InChI=1S/C31H26Cl2/c32-30-16-13-23(19-31(30)33)24-12-6-10-21(24)17-28-25-11-5-4-9-22(25)18-29-26(14-15-27(28)29)20-7-2-1-3-8-20/h1-5,7-9,11,13,16-19,24,26H,6,10,12,14-15H2. The third-order valence-corrected chi connectivity index (χ3v) is 8.32. The zero-order valence-electron chi connectivity index (χ0n) is 18.5. The predicted molar refractivity (Wildman–Crippen MR) is 142 cm³/mol. The van der Waals surface area contributed by atoms with Gasteiger partial charge in [-0.3, -0.25) is 0 Å². The maximum atomic E-state index is 6.38. The molecule has 0 bridgehead atoms. The van der Waals surface area contributed by atoms with Crippen molar-refractivity contribution in [2.45, 2.75) is 43.9 Å². The smallest absolute Gasteiger partial charge is 0.0595 e. The second-order valence-electron chi connectivity index (χ2n) is 9.42. The molecule has 0 aromatic heterocycles. The van der Waals surface area contributed by atoms with Crippen LogP contribution in [0.25, 0.3) is 16.8 Å². The zero-order chi connectivity index (χ0) is 22.4. The summed E-state index contributed by atoms with van der Waals surface area (Å²) in [4.78, 5) is 0. The van der Waals surface area contributed by atoms with Crippen LogP contribution in [-0.2, 0) is 6.42 Å². The van der Waals surface area contributed by atoms with Crippen LogP contribution in [0, 0.1) is 0 Å². The molecule has 2 unspecified atom stereocenters. The van der Waals surface area contributed by atoms with Crippen molar-refractivity contribution in [2.75, 3.05) is 0 Å². The summed E-state index contributed by atoms with van der Waals surface area (Å²) in [6.07, 6.45) is 8.37. The van der Waals surface area contributed by atoms with Gasteiger partial charge in [0.2, 0.25) is 0 Å². The van der Waals surface area contributed by atoms with Gasteiger partial charge in [0.25, 0.3) is 0 Å². The second kappa shape index (κ2) is 8.67. The van der Waals surface area contributed by atoms with Crippen molar-refractivity contribution in [3.63, 3.8) is 0 Å². The van der Waals surface area contributed by atoms with Gasteiger partial charge >= 0.3 is 0 Å². The number of fused-ring (bicyclic) bond motifs is 2. The number of allylic oxidation sites excluding steroid dienone is 1. The molecule has 164 valence electrons. The van der Waals surface area contributed by atoms with Gasteiger partial charge in [0, 0.05) is 11.8 Å². The largest absolute Gasteiger partial charge is 0.0827 e. The van der Waals surface area contributed by atoms with Gasteiger partial charge in [-0.25, -0.2) is 0 Å². The normalized spacial score (nSPS) is 21.1. The van der Waals surface area contributed by atoms with E-state index in [2.05, 4.69) is 78.9 Å². The Balaban J connectivity index is 1.50. The molecule has 0 radical (unpaired) electrons. The summed E-state index contributed by atoms with van der Waals surface area (Å²) >= 11 is 12.6. The van der Waals surface area contributed by atoms with Crippen LogP contribution in [0.2, 0.25) is 10.0 Å². The highest BCUT2D eigenvalue weighted by atomic mass is 35.5. The fraction of sp³-hybridized carbons (Fsp3) is 0.226. The van der Waals surface area contributed by atoms with Crippen LogP contribution >= 0.6 is 23.2 Å². The van der Waals surface area contributed by atoms with Crippen molar-refractivity contribution in [3.05, 3.63) is 122 Å². The summed E-state index contributed by atoms with van der Waals surface area (Å²) in [5.41, 5.74) is 8.72. The molecule has 33 heavy (non-hydrogen) atoms. The molecule has 2 atom stereocenters. The van der Waals surface area contributed by atoms with Crippen LogP contribution in [0.4, 0.5) is 0 Å². The number of halogens is 2. The zero-order valence-corrected chi connectivity index (χ0v) is 20.0. The third-order valence-electron chi connectivity index (χ3n) is 7.58. The summed E-state index contributed by atoms with van der Waals surface area (Å²) in [5.74, 6) is 0.901. The molecule has 2 heteroatoms. The summed E-state index contributed by atoms with van der Waals surface area (Å²) < 4.78 is 0. The van der Waals surface area contributed by atoms with Gasteiger partial charge in [0.1, 0.15) is 0 Å². The minimum Gasteiger partial charge on any atom is -0.0827 e. The van der Waals surface area contributed by atoms with Crippen LogP contribution < -0.4 is 0 Å². The van der Waals surface area contributed by atoms with Crippen molar-refractivity contribution < 1.29 is 0 Å². The molecule has 0 amide bonds. The van der Waals surface area contributed by atoms with Gasteiger partial charge in [-0.2, -0.15) is 0 Å². The molecule has 0 nitrogen and oxygen atoms in total. The van der Waals surface area contributed by atoms with Gasteiger partial charge in [-0.05, 0) is 82.8 Å². The van der Waals surface area contributed by atoms with E-state index in [0.717, 1.165) is 12.8 Å². The summed E-state index contributed by atoms with van der Waals surface area (Å²) in [6.45, 7) is 0. The molecular formula is C31H26Cl2. The highest BCUT2D eigenvalue weighted by Gasteiger charge is 2.29. The predicted octanol–water partition coefficient (Wildman–Crippen LogP) is 9.58. The molecule has 6 rings (SSSR count). The van der Waals surface area contributed by atoms with E-state index >= 15 is 0 Å². The number of hydrogen-bond acceptors (Lipinski definition) is 0.